The highest BCUT2D eigenvalue weighted by atomic mass is 17.2. The molecule has 8 rings (SSSR count). The molecule has 7 aromatic rings. The molecule has 5 heteroatoms. The lowest BCUT2D eigenvalue weighted by molar-refractivity contribution is -0.0999. The third-order valence-electron chi connectivity index (χ3n) is 11.6. The summed E-state index contributed by atoms with van der Waals surface area (Å²) in [6.45, 7) is 4.23. The second-order valence-corrected chi connectivity index (χ2v) is 15.5. The van der Waals surface area contributed by atoms with Crippen LogP contribution < -0.4 is 24.1 Å². The molecule has 1 fully saturated rings. The first-order chi connectivity index (χ1) is 28.9. The molecular formula is C54H51NO4. The summed E-state index contributed by atoms with van der Waals surface area (Å²) in [5.41, 5.74) is 12.7. The van der Waals surface area contributed by atoms with Crippen LogP contribution in [-0.2, 0) is 5.41 Å². The summed E-state index contributed by atoms with van der Waals surface area (Å²) >= 11 is 0. The highest BCUT2D eigenvalue weighted by molar-refractivity contribution is 5.92. The van der Waals surface area contributed by atoms with Gasteiger partial charge in [0.25, 0.3) is 0 Å². The molecule has 0 unspecified atom stereocenters. The number of methoxy groups -OCH3 is 2. The third-order valence-corrected chi connectivity index (χ3v) is 11.6. The molecule has 0 saturated heterocycles. The van der Waals surface area contributed by atoms with E-state index in [1.807, 2.05) is 36.4 Å². The average molecular weight is 778 g/mol. The number of hydrogen-bond acceptors (Lipinski definition) is 5. The topological polar surface area (TPSA) is 40.2 Å². The summed E-state index contributed by atoms with van der Waals surface area (Å²) in [6, 6.07) is 59.3. The Morgan fingerprint density at radius 1 is 0.441 bits per heavy atom. The maximum Gasteiger partial charge on any atom is 0.178 e. The molecule has 1 aliphatic carbocycles. The summed E-state index contributed by atoms with van der Waals surface area (Å²) in [4.78, 5) is 14.0. The Bertz CT molecular complexity index is 2400. The van der Waals surface area contributed by atoms with Gasteiger partial charge in [-0.2, -0.15) is 0 Å². The van der Waals surface area contributed by atoms with Gasteiger partial charge in [0, 0.05) is 22.5 Å². The van der Waals surface area contributed by atoms with Crippen LogP contribution in [0.25, 0.3) is 11.6 Å². The zero-order valence-electron chi connectivity index (χ0n) is 34.4. The first-order valence-electron chi connectivity index (χ1n) is 20.5. The normalized spacial score (nSPS) is 13.7. The van der Waals surface area contributed by atoms with Gasteiger partial charge in [-0.05, 0) is 151 Å². The van der Waals surface area contributed by atoms with Crippen LogP contribution >= 0.6 is 0 Å². The monoisotopic (exact) mass is 777 g/mol. The number of rotatable bonds is 13. The van der Waals surface area contributed by atoms with Gasteiger partial charge in [0.1, 0.15) is 11.5 Å². The van der Waals surface area contributed by atoms with E-state index in [4.69, 9.17) is 19.2 Å². The number of anilines is 3. The Morgan fingerprint density at radius 2 is 0.814 bits per heavy atom. The fraction of sp³-hybridized carbons (Fsp3) is 0.185. The molecule has 0 atom stereocenters. The van der Waals surface area contributed by atoms with Gasteiger partial charge in [0.15, 0.2) is 11.5 Å². The number of ether oxygens (including phenoxy) is 2. The fourth-order valence-electron chi connectivity index (χ4n) is 8.25. The Morgan fingerprint density at radius 3 is 1.24 bits per heavy atom. The molecule has 0 bridgehead atoms. The summed E-state index contributed by atoms with van der Waals surface area (Å²) in [6.07, 6.45) is 8.19. The molecule has 0 aromatic heterocycles. The van der Waals surface area contributed by atoms with Gasteiger partial charge in [-0.1, -0.05) is 115 Å². The Balaban J connectivity index is 1.02. The van der Waals surface area contributed by atoms with Crippen LogP contribution in [0.5, 0.6) is 23.0 Å². The van der Waals surface area contributed by atoms with Gasteiger partial charge >= 0.3 is 0 Å². The van der Waals surface area contributed by atoms with Crippen molar-refractivity contribution >= 4 is 28.7 Å². The molecular weight excluding hydrogens is 727 g/mol. The summed E-state index contributed by atoms with van der Waals surface area (Å²) in [7, 11) is 3.40. The van der Waals surface area contributed by atoms with E-state index in [1.54, 1.807) is 14.2 Å². The standard InChI is InChI=1S/C54H51NO4/c1-39-8-22-46(23-9-39)55(47-24-10-40(2)11-25-47)48-26-12-41(13-27-48)38-53(42-14-28-49(56-3)29-15-42)43-16-30-51(31-17-43)58-59-52-34-20-45(21-35-52)54(36-6-5-7-37-54)44-18-32-50(57-4)33-19-44/h8-35,38H,5-7,36-37H2,1-4H3. The van der Waals surface area contributed by atoms with Crippen LogP contribution in [0.15, 0.2) is 170 Å². The molecule has 0 N–H and O–H groups in total. The lowest BCUT2D eigenvalue weighted by atomic mass is 9.65. The molecule has 5 nitrogen and oxygen atoms in total. The van der Waals surface area contributed by atoms with Crippen LogP contribution in [0.1, 0.15) is 71.0 Å². The first kappa shape index (κ1) is 39.1. The molecule has 0 amide bonds. The molecule has 0 aliphatic heterocycles. The van der Waals surface area contributed by atoms with Crippen LogP contribution in [0.4, 0.5) is 17.1 Å². The minimum Gasteiger partial charge on any atom is -0.497 e. The van der Waals surface area contributed by atoms with Crippen molar-refractivity contribution in [2.75, 3.05) is 19.1 Å². The van der Waals surface area contributed by atoms with E-state index in [0.29, 0.717) is 11.5 Å². The van der Waals surface area contributed by atoms with Crippen molar-refractivity contribution in [2.24, 2.45) is 0 Å². The fourth-order valence-corrected chi connectivity index (χ4v) is 8.25. The van der Waals surface area contributed by atoms with Gasteiger partial charge in [0.2, 0.25) is 0 Å². The lowest BCUT2D eigenvalue weighted by Crippen LogP contribution is -2.30. The van der Waals surface area contributed by atoms with Crippen molar-refractivity contribution < 1.29 is 19.2 Å². The molecule has 1 saturated carbocycles. The van der Waals surface area contributed by atoms with Gasteiger partial charge in [0.05, 0.1) is 14.2 Å². The van der Waals surface area contributed by atoms with E-state index in [2.05, 4.69) is 158 Å². The second-order valence-electron chi connectivity index (χ2n) is 15.5. The lowest BCUT2D eigenvalue weighted by Gasteiger charge is -2.38. The Hall–Kier alpha value is -6.72. The zero-order valence-corrected chi connectivity index (χ0v) is 34.4. The molecule has 296 valence electrons. The minimum absolute atomic E-state index is 0.0138. The molecule has 59 heavy (non-hydrogen) atoms. The average Bonchev–Trinajstić information content (AvgIpc) is 3.30. The van der Waals surface area contributed by atoms with E-state index in [1.165, 1.54) is 41.5 Å². The summed E-state index contributed by atoms with van der Waals surface area (Å²) in [5, 5.41) is 0. The quantitative estimate of drug-likeness (QED) is 0.0662. The number of hydrogen-bond donors (Lipinski definition) is 0. The van der Waals surface area contributed by atoms with E-state index in [-0.39, 0.29) is 5.41 Å². The molecule has 0 spiro atoms. The second kappa shape index (κ2) is 17.8. The van der Waals surface area contributed by atoms with Gasteiger partial charge in [-0.15, -0.1) is 0 Å². The third kappa shape index (κ3) is 8.90. The zero-order chi connectivity index (χ0) is 40.6. The van der Waals surface area contributed by atoms with Crippen molar-refractivity contribution in [3.63, 3.8) is 0 Å². The van der Waals surface area contributed by atoms with Crippen LogP contribution in [0.3, 0.4) is 0 Å². The van der Waals surface area contributed by atoms with E-state index in [0.717, 1.165) is 63.7 Å². The molecule has 7 aromatic carbocycles. The summed E-state index contributed by atoms with van der Waals surface area (Å²) < 4.78 is 10.9. The van der Waals surface area contributed by atoms with E-state index >= 15 is 0 Å². The van der Waals surface area contributed by atoms with Crippen molar-refractivity contribution in [3.8, 4) is 23.0 Å². The maximum atomic E-state index is 5.87. The molecule has 0 heterocycles. The Labute approximate surface area is 349 Å². The molecule has 1 aliphatic rings. The highest BCUT2D eigenvalue weighted by Gasteiger charge is 2.35. The van der Waals surface area contributed by atoms with Crippen LogP contribution in [-0.4, -0.2) is 14.2 Å². The SMILES string of the molecule is COc1ccc(C(=Cc2ccc(N(c3ccc(C)cc3)c3ccc(C)cc3)cc2)c2ccc(OOc3ccc(C4(c5ccc(OC)cc5)CCCCC4)cc3)cc2)cc1. The minimum atomic E-state index is -0.0138. The van der Waals surface area contributed by atoms with Crippen molar-refractivity contribution in [1.82, 2.24) is 0 Å². The molecule has 0 radical (unpaired) electrons. The smallest absolute Gasteiger partial charge is 0.178 e. The van der Waals surface area contributed by atoms with Gasteiger partial charge < -0.3 is 14.4 Å². The number of aryl methyl sites for hydroxylation is 2. The van der Waals surface area contributed by atoms with E-state index in [9.17, 15) is 0 Å². The number of benzene rings is 7. The first-order valence-corrected chi connectivity index (χ1v) is 20.5. The summed E-state index contributed by atoms with van der Waals surface area (Å²) in [5.74, 6) is 2.97. The number of nitrogens with zero attached hydrogens (tertiary/aromatic N) is 1. The van der Waals surface area contributed by atoms with Crippen molar-refractivity contribution in [3.05, 3.63) is 209 Å². The van der Waals surface area contributed by atoms with E-state index < -0.39 is 0 Å². The predicted octanol–water partition coefficient (Wildman–Crippen LogP) is 14.0. The van der Waals surface area contributed by atoms with Crippen molar-refractivity contribution in [1.29, 1.82) is 0 Å². The highest BCUT2D eigenvalue weighted by Crippen LogP contribution is 2.46. The maximum absolute atomic E-state index is 5.87. The van der Waals surface area contributed by atoms with Crippen LogP contribution in [0, 0.1) is 13.8 Å². The van der Waals surface area contributed by atoms with Gasteiger partial charge in [-0.25, -0.2) is 0 Å². The van der Waals surface area contributed by atoms with Gasteiger partial charge in [-0.3, -0.25) is 9.78 Å². The Kier molecular flexibility index (Phi) is 11.8. The largest absolute Gasteiger partial charge is 0.497 e. The van der Waals surface area contributed by atoms with Crippen molar-refractivity contribution in [2.45, 2.75) is 51.4 Å². The predicted molar refractivity (Wildman–Crippen MR) is 242 cm³/mol. The van der Waals surface area contributed by atoms with Crippen LogP contribution in [0.2, 0.25) is 0 Å².